The molecule has 0 aromatic heterocycles. The number of sulfone groups is 1. The van der Waals surface area contributed by atoms with Crippen LogP contribution in [0.5, 0.6) is 0 Å². The first-order valence-electron chi connectivity index (χ1n) is 6.51. The Morgan fingerprint density at radius 2 is 2.15 bits per heavy atom. The molecule has 6 nitrogen and oxygen atoms in total. The van der Waals surface area contributed by atoms with E-state index in [1.165, 1.54) is 5.48 Å². The van der Waals surface area contributed by atoms with E-state index in [1.807, 2.05) is 11.8 Å². The summed E-state index contributed by atoms with van der Waals surface area (Å²) in [7, 11) is -3.55. The number of amides is 1. The molecule has 1 heterocycles. The van der Waals surface area contributed by atoms with E-state index in [0.717, 1.165) is 13.0 Å². The molecule has 1 aromatic rings. The quantitative estimate of drug-likeness (QED) is 0.638. The number of hydroxylamine groups is 1. The molecule has 0 saturated carbocycles. The van der Waals surface area contributed by atoms with Gasteiger partial charge < -0.3 is 4.90 Å². The number of carbonyl (C=O) groups is 1. The molecule has 2 rings (SSSR count). The molecule has 1 aromatic carbocycles. The Morgan fingerprint density at radius 1 is 1.45 bits per heavy atom. The Kier molecular flexibility index (Phi) is 4.29. The smallest absolute Gasteiger partial charge is 0.244 e. The molecule has 1 amide bonds. The van der Waals surface area contributed by atoms with Crippen molar-refractivity contribution in [2.75, 3.05) is 18.0 Å². The molecule has 0 bridgehead atoms. The van der Waals surface area contributed by atoms with Gasteiger partial charge in [0.25, 0.3) is 0 Å². The van der Waals surface area contributed by atoms with Gasteiger partial charge in [0.15, 0.2) is 9.84 Å². The second kappa shape index (κ2) is 5.80. The zero-order chi connectivity index (χ0) is 14.8. The second-order valence-electron chi connectivity index (χ2n) is 4.82. The van der Waals surface area contributed by atoms with Gasteiger partial charge in [0.2, 0.25) is 5.91 Å². The average molecular weight is 298 g/mol. The summed E-state index contributed by atoms with van der Waals surface area (Å²) in [5.41, 5.74) is 2.19. The zero-order valence-electron chi connectivity index (χ0n) is 11.2. The Balaban J connectivity index is 2.42. The lowest BCUT2D eigenvalue weighted by atomic mass is 10.2. The molecule has 0 saturated heterocycles. The third kappa shape index (κ3) is 2.64. The van der Waals surface area contributed by atoms with E-state index in [4.69, 9.17) is 5.21 Å². The summed E-state index contributed by atoms with van der Waals surface area (Å²) < 4.78 is 25.0. The van der Waals surface area contributed by atoms with Gasteiger partial charge in [-0.1, -0.05) is 19.1 Å². The van der Waals surface area contributed by atoms with Crippen LogP contribution in [0.1, 0.15) is 19.8 Å². The fraction of sp³-hybridized carbons (Fsp3) is 0.462. The number of carbonyl (C=O) groups excluding carboxylic acids is 1. The van der Waals surface area contributed by atoms with E-state index in [2.05, 4.69) is 0 Å². The van der Waals surface area contributed by atoms with Gasteiger partial charge in [-0.25, -0.2) is 13.9 Å². The van der Waals surface area contributed by atoms with Gasteiger partial charge in [-0.15, -0.1) is 0 Å². The summed E-state index contributed by atoms with van der Waals surface area (Å²) >= 11 is 0. The number of hydrogen-bond acceptors (Lipinski definition) is 5. The van der Waals surface area contributed by atoms with Crippen LogP contribution >= 0.6 is 0 Å². The normalized spacial score (nSPS) is 20.3. The van der Waals surface area contributed by atoms with E-state index >= 15 is 0 Å². The lowest BCUT2D eigenvalue weighted by Crippen LogP contribution is -2.44. The Labute approximate surface area is 118 Å². The molecule has 1 atom stereocenters. The third-order valence-electron chi connectivity index (χ3n) is 3.41. The largest absolute Gasteiger partial charge is 0.369 e. The minimum Gasteiger partial charge on any atom is -0.369 e. The molecule has 20 heavy (non-hydrogen) atoms. The van der Waals surface area contributed by atoms with Crippen molar-refractivity contribution in [2.24, 2.45) is 0 Å². The van der Waals surface area contributed by atoms with Crippen molar-refractivity contribution < 1.29 is 18.4 Å². The zero-order valence-corrected chi connectivity index (χ0v) is 12.1. The molecular formula is C13H18N2O4S. The fourth-order valence-electron chi connectivity index (χ4n) is 2.49. The Hall–Kier alpha value is -1.60. The molecule has 1 unspecified atom stereocenters. The van der Waals surface area contributed by atoms with Crippen molar-refractivity contribution in [3.8, 4) is 0 Å². The highest BCUT2D eigenvalue weighted by Gasteiger charge is 2.38. The molecule has 2 N–H and O–H groups in total. The molecule has 0 aliphatic carbocycles. The van der Waals surface area contributed by atoms with E-state index in [9.17, 15) is 13.2 Å². The van der Waals surface area contributed by atoms with Crippen LogP contribution in [-0.4, -0.2) is 37.9 Å². The van der Waals surface area contributed by atoms with Crippen molar-refractivity contribution in [3.05, 3.63) is 24.3 Å². The van der Waals surface area contributed by atoms with Crippen molar-refractivity contribution in [3.63, 3.8) is 0 Å². The van der Waals surface area contributed by atoms with Gasteiger partial charge in [-0.05, 0) is 18.6 Å². The first-order valence-corrected chi connectivity index (χ1v) is 8.06. The lowest BCUT2D eigenvalue weighted by molar-refractivity contribution is -0.129. The van der Waals surface area contributed by atoms with Crippen LogP contribution in [0.15, 0.2) is 29.2 Å². The minimum absolute atomic E-state index is 0.243. The lowest BCUT2D eigenvalue weighted by Gasteiger charge is -2.35. The van der Waals surface area contributed by atoms with Gasteiger partial charge in [0, 0.05) is 19.5 Å². The van der Waals surface area contributed by atoms with Crippen molar-refractivity contribution in [1.29, 1.82) is 0 Å². The van der Waals surface area contributed by atoms with Gasteiger partial charge >= 0.3 is 0 Å². The summed E-state index contributed by atoms with van der Waals surface area (Å²) in [4.78, 5) is 13.5. The first kappa shape index (κ1) is 14.8. The van der Waals surface area contributed by atoms with Crippen LogP contribution < -0.4 is 10.4 Å². The number of nitrogens with zero attached hydrogens (tertiary/aromatic N) is 1. The molecule has 0 spiro atoms. The van der Waals surface area contributed by atoms with Crippen molar-refractivity contribution >= 4 is 21.4 Å². The number of nitrogens with one attached hydrogen (secondary N) is 1. The molecule has 7 heteroatoms. The summed E-state index contributed by atoms with van der Waals surface area (Å²) in [6.07, 6.45) is 0.640. The number of anilines is 1. The van der Waals surface area contributed by atoms with E-state index in [0.29, 0.717) is 5.69 Å². The van der Waals surface area contributed by atoms with Gasteiger partial charge in [0.05, 0.1) is 15.8 Å². The molecule has 1 aliphatic rings. The summed E-state index contributed by atoms with van der Waals surface area (Å²) in [5, 5.41) is 7.76. The predicted molar refractivity (Wildman–Crippen MR) is 74.5 cm³/mol. The van der Waals surface area contributed by atoms with Crippen molar-refractivity contribution in [1.82, 2.24) is 5.48 Å². The maximum Gasteiger partial charge on any atom is 0.244 e. The summed E-state index contributed by atoms with van der Waals surface area (Å²) in [6.45, 7) is 3.01. The van der Waals surface area contributed by atoms with Gasteiger partial charge in [-0.2, -0.15) is 0 Å². The van der Waals surface area contributed by atoms with E-state index < -0.39 is 21.0 Å². The molecule has 0 radical (unpaired) electrons. The Bertz CT molecular complexity index is 600. The van der Waals surface area contributed by atoms with Gasteiger partial charge in [0.1, 0.15) is 0 Å². The van der Waals surface area contributed by atoms with Crippen LogP contribution in [0.4, 0.5) is 5.69 Å². The fourth-order valence-corrected chi connectivity index (χ4v) is 4.35. The number of fused-ring (bicyclic) bond motifs is 1. The summed E-state index contributed by atoms with van der Waals surface area (Å²) in [5.74, 6) is -0.686. The number of para-hydroxylation sites is 1. The van der Waals surface area contributed by atoms with Crippen LogP contribution in [0.3, 0.4) is 0 Å². The predicted octanol–water partition coefficient (Wildman–Crippen LogP) is 0.954. The average Bonchev–Trinajstić information content (AvgIpc) is 2.44. The van der Waals surface area contributed by atoms with Crippen LogP contribution in [-0.2, 0) is 14.6 Å². The topological polar surface area (TPSA) is 86.7 Å². The first-order chi connectivity index (χ1) is 9.50. The van der Waals surface area contributed by atoms with Crippen LogP contribution in [0.2, 0.25) is 0 Å². The number of hydrogen-bond donors (Lipinski definition) is 2. The third-order valence-corrected chi connectivity index (χ3v) is 5.56. The maximum atomic E-state index is 12.5. The highest BCUT2D eigenvalue weighted by atomic mass is 32.2. The summed E-state index contributed by atoms with van der Waals surface area (Å²) in [6, 6.07) is 6.83. The second-order valence-corrected chi connectivity index (χ2v) is 7.02. The standard InChI is InChI=1S/C13H18N2O4S/c1-2-7-15-9-10(8-13(16)14-17)20(18,19)12-6-4-3-5-11(12)15/h3-6,10,17H,2,7-9H2,1H3,(H,14,16). The van der Waals surface area contributed by atoms with E-state index in [-0.39, 0.29) is 17.9 Å². The molecule has 1 aliphatic heterocycles. The Morgan fingerprint density at radius 3 is 2.80 bits per heavy atom. The minimum atomic E-state index is -3.55. The number of rotatable bonds is 4. The van der Waals surface area contributed by atoms with E-state index in [1.54, 1.807) is 24.3 Å². The number of benzene rings is 1. The molecule has 0 fully saturated rings. The van der Waals surface area contributed by atoms with Crippen LogP contribution in [0.25, 0.3) is 0 Å². The maximum absolute atomic E-state index is 12.5. The highest BCUT2D eigenvalue weighted by Crippen LogP contribution is 2.34. The monoisotopic (exact) mass is 298 g/mol. The van der Waals surface area contributed by atoms with Gasteiger partial charge in [-0.3, -0.25) is 10.0 Å². The van der Waals surface area contributed by atoms with Crippen molar-refractivity contribution in [2.45, 2.75) is 29.9 Å². The van der Waals surface area contributed by atoms with Crippen LogP contribution in [0, 0.1) is 0 Å². The molecular weight excluding hydrogens is 280 g/mol. The highest BCUT2D eigenvalue weighted by molar-refractivity contribution is 7.92. The SMILES string of the molecule is CCCN1CC(CC(=O)NO)S(=O)(=O)c2ccccc21. The molecule has 110 valence electrons.